The molecule has 0 atom stereocenters. The number of fused-ring (bicyclic) bond motifs is 1. The molecular formula is C28H24FN5O2S. The van der Waals surface area contributed by atoms with Crippen molar-refractivity contribution in [2.45, 2.75) is 19.3 Å². The smallest absolute Gasteiger partial charge is 0.269 e. The fraction of sp³-hybridized carbons (Fsp3) is 0.143. The van der Waals surface area contributed by atoms with E-state index in [0.717, 1.165) is 16.9 Å². The summed E-state index contributed by atoms with van der Waals surface area (Å²) in [5.74, 6) is -0.433. The molecule has 0 aliphatic carbocycles. The van der Waals surface area contributed by atoms with Crippen LogP contribution < -0.4 is 9.70 Å². The molecule has 4 aromatic rings. The lowest BCUT2D eigenvalue weighted by atomic mass is 9.84. The van der Waals surface area contributed by atoms with E-state index in [9.17, 15) is 14.5 Å². The van der Waals surface area contributed by atoms with Crippen LogP contribution in [0.15, 0.2) is 100 Å². The fourth-order valence-corrected chi connectivity index (χ4v) is 5.41. The summed E-state index contributed by atoms with van der Waals surface area (Å²) in [6.45, 7) is 4.35. The minimum atomic E-state index is -0.438. The van der Waals surface area contributed by atoms with Crippen molar-refractivity contribution >= 4 is 34.6 Å². The molecule has 5 rings (SSSR count). The third kappa shape index (κ3) is 4.49. The van der Waals surface area contributed by atoms with Gasteiger partial charge in [-0.2, -0.15) is 5.10 Å². The number of thiazole rings is 1. The molecule has 0 bridgehead atoms. The van der Waals surface area contributed by atoms with E-state index in [-0.39, 0.29) is 16.8 Å². The Morgan fingerprint density at radius 1 is 1.03 bits per heavy atom. The lowest BCUT2D eigenvalue weighted by Gasteiger charge is -2.23. The van der Waals surface area contributed by atoms with Crippen LogP contribution in [0.4, 0.5) is 21.5 Å². The predicted octanol–water partition coefficient (Wildman–Crippen LogP) is 6.64. The maximum atomic E-state index is 14.4. The van der Waals surface area contributed by atoms with Crippen molar-refractivity contribution in [1.82, 2.24) is 4.68 Å². The van der Waals surface area contributed by atoms with E-state index in [1.807, 2.05) is 30.6 Å². The highest BCUT2D eigenvalue weighted by Gasteiger charge is 2.37. The summed E-state index contributed by atoms with van der Waals surface area (Å²) in [5.41, 5.74) is 4.88. The molecule has 0 amide bonds. The van der Waals surface area contributed by atoms with Gasteiger partial charge in [0.15, 0.2) is 0 Å². The van der Waals surface area contributed by atoms with E-state index >= 15 is 0 Å². The SMILES string of the molecule is CN1C(=CC=Nn2c(-c3ccc([N+](=O)[O-])cc3)csc2=Nc2ccccc2F)C(C)(C)c2ccccc21. The maximum absolute atomic E-state index is 14.4. The number of halogens is 1. The normalized spacial score (nSPS) is 16.1. The molecule has 1 aliphatic rings. The van der Waals surface area contributed by atoms with Crippen molar-refractivity contribution in [3.63, 3.8) is 0 Å². The Kier molecular flexibility index (Phi) is 6.31. The topological polar surface area (TPSA) is 76.0 Å². The number of hydrogen-bond acceptors (Lipinski definition) is 6. The molecule has 2 heterocycles. The van der Waals surface area contributed by atoms with Gasteiger partial charge < -0.3 is 4.90 Å². The van der Waals surface area contributed by atoms with Crippen molar-refractivity contribution < 1.29 is 9.31 Å². The van der Waals surface area contributed by atoms with E-state index in [0.29, 0.717) is 10.5 Å². The molecule has 37 heavy (non-hydrogen) atoms. The molecule has 0 N–H and O–H groups in total. The molecule has 0 spiro atoms. The van der Waals surface area contributed by atoms with E-state index in [1.165, 1.54) is 35.1 Å². The molecule has 0 unspecified atom stereocenters. The van der Waals surface area contributed by atoms with Crippen LogP contribution >= 0.6 is 11.3 Å². The van der Waals surface area contributed by atoms with Crippen molar-refractivity contribution in [3.8, 4) is 11.3 Å². The van der Waals surface area contributed by atoms with E-state index in [2.05, 4.69) is 35.9 Å². The molecule has 186 valence electrons. The van der Waals surface area contributed by atoms with Crippen LogP contribution in [-0.2, 0) is 5.41 Å². The maximum Gasteiger partial charge on any atom is 0.269 e. The highest BCUT2D eigenvalue weighted by Crippen LogP contribution is 2.46. The van der Waals surface area contributed by atoms with Gasteiger partial charge in [0, 0.05) is 53.1 Å². The van der Waals surface area contributed by atoms with Gasteiger partial charge in [-0.25, -0.2) is 14.1 Å². The monoisotopic (exact) mass is 513 g/mol. The van der Waals surface area contributed by atoms with Gasteiger partial charge in [0.1, 0.15) is 11.5 Å². The van der Waals surface area contributed by atoms with Gasteiger partial charge in [-0.3, -0.25) is 10.1 Å². The highest BCUT2D eigenvalue weighted by atomic mass is 32.1. The van der Waals surface area contributed by atoms with E-state index in [4.69, 9.17) is 5.10 Å². The zero-order chi connectivity index (χ0) is 26.2. The first-order chi connectivity index (χ1) is 17.8. The summed E-state index contributed by atoms with van der Waals surface area (Å²) in [7, 11) is 2.03. The lowest BCUT2D eigenvalue weighted by molar-refractivity contribution is -0.384. The molecule has 3 aromatic carbocycles. The molecule has 0 fully saturated rings. The number of hydrogen-bond donors (Lipinski definition) is 0. The van der Waals surface area contributed by atoms with Crippen molar-refractivity contribution in [1.29, 1.82) is 0 Å². The van der Waals surface area contributed by atoms with Gasteiger partial charge in [-0.15, -0.1) is 11.3 Å². The number of non-ortho nitro benzene ring substituents is 1. The predicted molar refractivity (Wildman–Crippen MR) is 146 cm³/mol. The largest absolute Gasteiger partial charge is 0.347 e. The second-order valence-corrected chi connectivity index (χ2v) is 9.94. The molecule has 1 aliphatic heterocycles. The number of aromatic nitrogens is 1. The Morgan fingerprint density at radius 3 is 2.43 bits per heavy atom. The molecule has 0 saturated carbocycles. The number of nitro benzene ring substituents is 1. The summed E-state index contributed by atoms with van der Waals surface area (Å²) in [4.78, 5) is 17.8. The molecule has 0 radical (unpaired) electrons. The number of rotatable bonds is 5. The first kappa shape index (κ1) is 24.3. The van der Waals surface area contributed by atoms with Crippen molar-refractivity contribution in [3.05, 3.63) is 116 Å². The van der Waals surface area contributed by atoms with Crippen molar-refractivity contribution in [2.24, 2.45) is 10.1 Å². The number of anilines is 1. The minimum absolute atomic E-state index is 0.00102. The average Bonchev–Trinajstić information content (AvgIpc) is 3.37. The van der Waals surface area contributed by atoms with E-state index in [1.54, 1.807) is 41.2 Å². The average molecular weight is 514 g/mol. The summed E-state index contributed by atoms with van der Waals surface area (Å²) >= 11 is 1.31. The molecule has 0 saturated heterocycles. The van der Waals surface area contributed by atoms with Gasteiger partial charge in [0.2, 0.25) is 4.80 Å². The Balaban J connectivity index is 1.60. The molecular weight excluding hydrogens is 489 g/mol. The zero-order valence-electron chi connectivity index (χ0n) is 20.5. The van der Waals surface area contributed by atoms with Crippen LogP contribution in [0, 0.1) is 15.9 Å². The molecule has 1 aromatic heterocycles. The van der Waals surface area contributed by atoms with E-state index < -0.39 is 10.7 Å². The Bertz CT molecular complexity index is 1620. The summed E-state index contributed by atoms with van der Waals surface area (Å²) in [6, 6.07) is 20.8. The van der Waals surface area contributed by atoms with Crippen LogP contribution in [-0.4, -0.2) is 22.9 Å². The number of allylic oxidation sites excluding steroid dienone is 2. The lowest BCUT2D eigenvalue weighted by Crippen LogP contribution is -2.23. The van der Waals surface area contributed by atoms with Gasteiger partial charge in [-0.1, -0.05) is 44.2 Å². The van der Waals surface area contributed by atoms with Gasteiger partial charge in [0.25, 0.3) is 5.69 Å². The molecule has 7 nitrogen and oxygen atoms in total. The first-order valence-electron chi connectivity index (χ1n) is 11.6. The van der Waals surface area contributed by atoms with Crippen LogP contribution in [0.5, 0.6) is 0 Å². The Morgan fingerprint density at radius 2 is 1.73 bits per heavy atom. The second-order valence-electron chi connectivity index (χ2n) is 9.10. The van der Waals surface area contributed by atoms with Gasteiger partial charge in [0.05, 0.1) is 10.6 Å². The highest BCUT2D eigenvalue weighted by molar-refractivity contribution is 7.07. The third-order valence-electron chi connectivity index (χ3n) is 6.48. The number of likely N-dealkylation sites (N-methyl/N-ethyl adjacent to an activating group) is 1. The zero-order valence-corrected chi connectivity index (χ0v) is 21.3. The van der Waals surface area contributed by atoms with Crippen LogP contribution in [0.25, 0.3) is 11.3 Å². The number of nitro groups is 1. The van der Waals surface area contributed by atoms with Gasteiger partial charge >= 0.3 is 0 Å². The molecule has 9 heteroatoms. The standard InChI is InChI=1S/C28H24FN5O2S/c1-28(2)21-8-4-7-11-24(21)32(3)26(28)16-17-30-33-25(19-12-14-20(15-13-19)34(35)36)18-37-27(33)31-23-10-6-5-9-22(23)29/h4-18H,1-3H3. The summed E-state index contributed by atoms with van der Waals surface area (Å²) in [6.07, 6.45) is 3.68. The number of nitrogens with zero attached hydrogens (tertiary/aromatic N) is 5. The van der Waals surface area contributed by atoms with Crippen LogP contribution in [0.2, 0.25) is 0 Å². The third-order valence-corrected chi connectivity index (χ3v) is 7.30. The quantitative estimate of drug-likeness (QED) is 0.170. The fourth-order valence-electron chi connectivity index (χ4n) is 4.56. The van der Waals surface area contributed by atoms with Gasteiger partial charge in [-0.05, 0) is 42.0 Å². The number of benzene rings is 3. The first-order valence-corrected chi connectivity index (χ1v) is 12.5. The Hall–Kier alpha value is -4.37. The second kappa shape index (κ2) is 9.59. The Labute approximate surface area is 217 Å². The van der Waals surface area contributed by atoms with Crippen molar-refractivity contribution in [2.75, 3.05) is 11.9 Å². The number of para-hydroxylation sites is 2. The minimum Gasteiger partial charge on any atom is -0.347 e. The summed E-state index contributed by atoms with van der Waals surface area (Å²) in [5, 5.41) is 17.7. The summed E-state index contributed by atoms with van der Waals surface area (Å²) < 4.78 is 16.0. The van der Waals surface area contributed by atoms with Crippen LogP contribution in [0.3, 0.4) is 0 Å². The van der Waals surface area contributed by atoms with Crippen LogP contribution in [0.1, 0.15) is 19.4 Å².